The second-order valence-corrected chi connectivity index (χ2v) is 5.69. The minimum atomic E-state index is -0.519. The summed E-state index contributed by atoms with van der Waals surface area (Å²) in [5.74, 6) is 0.515. The first-order valence-electron chi connectivity index (χ1n) is 6.55. The Morgan fingerprint density at radius 3 is 2.33 bits per heavy atom. The van der Waals surface area contributed by atoms with E-state index >= 15 is 0 Å². The highest BCUT2D eigenvalue weighted by Gasteiger charge is 2.17. The third-order valence-electron chi connectivity index (χ3n) is 2.52. The average Bonchev–Trinajstić information content (AvgIpc) is 2.66. The fourth-order valence-corrected chi connectivity index (χ4v) is 1.67. The number of nitrogens with two attached hydrogens (primary N) is 1. The van der Waals surface area contributed by atoms with E-state index < -0.39 is 5.60 Å². The maximum Gasteiger partial charge on any atom is 0.338 e. The predicted molar refractivity (Wildman–Crippen MR) is 79.3 cm³/mol. The molecule has 21 heavy (non-hydrogen) atoms. The third kappa shape index (κ3) is 3.98. The van der Waals surface area contributed by atoms with Gasteiger partial charge in [-0.15, -0.1) is 5.10 Å². The number of carbonyl (C=O) groups is 1. The fraction of sp³-hybridized carbons (Fsp3) is 0.333. The molecular weight excluding hydrogens is 270 g/mol. The van der Waals surface area contributed by atoms with Gasteiger partial charge < -0.3 is 15.2 Å². The van der Waals surface area contributed by atoms with Crippen molar-refractivity contribution >= 4 is 11.7 Å². The highest BCUT2D eigenvalue weighted by Crippen LogP contribution is 2.25. The molecule has 0 radical (unpaired) electrons. The lowest BCUT2D eigenvalue weighted by atomic mass is 10.1. The molecule has 0 aliphatic rings. The van der Waals surface area contributed by atoms with Crippen LogP contribution in [0.3, 0.4) is 0 Å². The molecule has 1 heterocycles. The summed E-state index contributed by atoms with van der Waals surface area (Å²) in [6.07, 6.45) is 1.66. The van der Waals surface area contributed by atoms with Gasteiger partial charge in [-0.3, -0.25) is 4.68 Å². The number of aromatic nitrogens is 2. The summed E-state index contributed by atoms with van der Waals surface area (Å²) in [6, 6.07) is 6.63. The van der Waals surface area contributed by atoms with E-state index in [2.05, 4.69) is 5.10 Å². The van der Waals surface area contributed by atoms with Gasteiger partial charge in [0.05, 0.1) is 11.8 Å². The van der Waals surface area contributed by atoms with Crippen LogP contribution in [0.25, 0.3) is 0 Å². The molecule has 0 spiro atoms. The molecule has 2 aromatic rings. The van der Waals surface area contributed by atoms with E-state index in [1.54, 1.807) is 42.2 Å². The van der Waals surface area contributed by atoms with Crippen molar-refractivity contribution in [1.82, 2.24) is 9.78 Å². The Bertz CT molecular complexity index is 639. The van der Waals surface area contributed by atoms with E-state index in [0.29, 0.717) is 22.9 Å². The lowest BCUT2D eigenvalue weighted by Gasteiger charge is -2.19. The Balaban J connectivity index is 2.09. The smallest absolute Gasteiger partial charge is 0.338 e. The standard InChI is InChI=1S/C15H19N3O3/c1-15(2,3)21-14(19)10-5-7-11(8-6-10)20-13-12(16)9-18(4)17-13/h5-9H,16H2,1-4H3. The predicted octanol–water partition coefficient (Wildman–Crippen LogP) is 2.75. The molecule has 1 aromatic carbocycles. The lowest BCUT2D eigenvalue weighted by molar-refractivity contribution is 0.00695. The SMILES string of the molecule is Cn1cc(N)c(Oc2ccc(C(=O)OC(C)(C)C)cc2)n1. The maximum absolute atomic E-state index is 11.9. The zero-order valence-electron chi connectivity index (χ0n) is 12.6. The molecule has 112 valence electrons. The molecule has 0 fully saturated rings. The molecule has 6 heteroatoms. The highest BCUT2D eigenvalue weighted by molar-refractivity contribution is 5.89. The minimum Gasteiger partial charge on any atom is -0.456 e. The normalized spacial score (nSPS) is 11.2. The van der Waals surface area contributed by atoms with Gasteiger partial charge in [0.1, 0.15) is 17.0 Å². The monoisotopic (exact) mass is 289 g/mol. The van der Waals surface area contributed by atoms with Crippen molar-refractivity contribution in [3.05, 3.63) is 36.0 Å². The number of carbonyl (C=O) groups excluding carboxylic acids is 1. The summed E-state index contributed by atoms with van der Waals surface area (Å²) in [5, 5.41) is 4.09. The molecular formula is C15H19N3O3. The molecule has 0 amide bonds. The van der Waals surface area contributed by atoms with Crippen LogP contribution in [0.5, 0.6) is 11.6 Å². The highest BCUT2D eigenvalue weighted by atomic mass is 16.6. The number of nitrogens with zero attached hydrogens (tertiary/aromatic N) is 2. The number of nitrogen functional groups attached to an aromatic ring is 1. The van der Waals surface area contributed by atoms with Crippen molar-refractivity contribution in [3.8, 4) is 11.6 Å². The number of benzene rings is 1. The van der Waals surface area contributed by atoms with Crippen LogP contribution in [0, 0.1) is 0 Å². The number of hydrogen-bond donors (Lipinski definition) is 1. The van der Waals surface area contributed by atoms with Gasteiger partial charge in [-0.05, 0) is 45.0 Å². The van der Waals surface area contributed by atoms with Crippen LogP contribution in [0.2, 0.25) is 0 Å². The van der Waals surface area contributed by atoms with Crippen molar-refractivity contribution in [2.45, 2.75) is 26.4 Å². The van der Waals surface area contributed by atoms with Crippen molar-refractivity contribution < 1.29 is 14.3 Å². The van der Waals surface area contributed by atoms with Crippen LogP contribution in [-0.2, 0) is 11.8 Å². The summed E-state index contributed by atoms with van der Waals surface area (Å²) in [4.78, 5) is 11.9. The second-order valence-electron chi connectivity index (χ2n) is 5.69. The summed E-state index contributed by atoms with van der Waals surface area (Å²) >= 11 is 0. The molecule has 1 aromatic heterocycles. The van der Waals surface area contributed by atoms with Gasteiger partial charge in [0, 0.05) is 7.05 Å². The number of anilines is 1. The van der Waals surface area contributed by atoms with Crippen LogP contribution in [0.1, 0.15) is 31.1 Å². The van der Waals surface area contributed by atoms with Gasteiger partial charge in [-0.25, -0.2) is 4.79 Å². The van der Waals surface area contributed by atoms with Gasteiger partial charge in [0.15, 0.2) is 0 Å². The van der Waals surface area contributed by atoms with Crippen molar-refractivity contribution in [2.75, 3.05) is 5.73 Å². The molecule has 0 unspecified atom stereocenters. The summed E-state index contributed by atoms with van der Waals surface area (Å²) in [7, 11) is 1.76. The van der Waals surface area contributed by atoms with Gasteiger partial charge in [-0.1, -0.05) is 0 Å². The number of aryl methyl sites for hydroxylation is 1. The fourth-order valence-electron chi connectivity index (χ4n) is 1.67. The topological polar surface area (TPSA) is 79.4 Å². The Morgan fingerprint density at radius 2 is 1.86 bits per heavy atom. The zero-order chi connectivity index (χ0) is 15.6. The first-order valence-corrected chi connectivity index (χ1v) is 6.55. The molecule has 0 aliphatic heterocycles. The summed E-state index contributed by atoms with van der Waals surface area (Å²) < 4.78 is 12.4. The van der Waals surface area contributed by atoms with Gasteiger partial charge in [0.25, 0.3) is 5.88 Å². The van der Waals surface area contributed by atoms with Crippen LogP contribution in [-0.4, -0.2) is 21.4 Å². The van der Waals surface area contributed by atoms with E-state index in [0.717, 1.165) is 0 Å². The largest absolute Gasteiger partial charge is 0.456 e. The van der Waals surface area contributed by atoms with Crippen LogP contribution < -0.4 is 10.5 Å². The number of hydrogen-bond acceptors (Lipinski definition) is 5. The van der Waals surface area contributed by atoms with Crippen molar-refractivity contribution in [2.24, 2.45) is 7.05 Å². The molecule has 6 nitrogen and oxygen atoms in total. The Labute approximate surface area is 123 Å². The maximum atomic E-state index is 11.9. The lowest BCUT2D eigenvalue weighted by Crippen LogP contribution is -2.23. The van der Waals surface area contributed by atoms with Crippen molar-refractivity contribution in [3.63, 3.8) is 0 Å². The quantitative estimate of drug-likeness (QED) is 0.879. The summed E-state index contributed by atoms with van der Waals surface area (Å²) in [5.41, 5.74) is 6.15. The average molecular weight is 289 g/mol. The zero-order valence-corrected chi connectivity index (χ0v) is 12.6. The van der Waals surface area contributed by atoms with E-state index in [4.69, 9.17) is 15.2 Å². The number of rotatable bonds is 3. The Hall–Kier alpha value is -2.50. The number of esters is 1. The first-order chi connectivity index (χ1) is 9.74. The molecule has 0 saturated heterocycles. The van der Waals surface area contributed by atoms with Crippen LogP contribution >= 0.6 is 0 Å². The van der Waals surface area contributed by atoms with E-state index in [9.17, 15) is 4.79 Å². The summed E-state index contributed by atoms with van der Waals surface area (Å²) in [6.45, 7) is 5.48. The van der Waals surface area contributed by atoms with Gasteiger partial charge >= 0.3 is 5.97 Å². The van der Waals surface area contributed by atoms with E-state index in [1.165, 1.54) is 0 Å². The van der Waals surface area contributed by atoms with E-state index in [1.807, 2.05) is 20.8 Å². The molecule has 0 atom stereocenters. The van der Waals surface area contributed by atoms with E-state index in [-0.39, 0.29) is 5.97 Å². The number of ether oxygens (including phenoxy) is 2. The van der Waals surface area contributed by atoms with Gasteiger partial charge in [0.2, 0.25) is 0 Å². The van der Waals surface area contributed by atoms with Crippen LogP contribution in [0.15, 0.2) is 30.5 Å². The third-order valence-corrected chi connectivity index (χ3v) is 2.52. The molecule has 0 bridgehead atoms. The molecule has 2 rings (SSSR count). The molecule has 2 N–H and O–H groups in total. The Kier molecular flexibility index (Phi) is 3.88. The minimum absolute atomic E-state index is 0.336. The first kappa shape index (κ1) is 14.9. The Morgan fingerprint density at radius 1 is 1.24 bits per heavy atom. The van der Waals surface area contributed by atoms with Gasteiger partial charge in [-0.2, -0.15) is 0 Å². The van der Waals surface area contributed by atoms with Crippen LogP contribution in [0.4, 0.5) is 5.69 Å². The molecule has 0 aliphatic carbocycles. The van der Waals surface area contributed by atoms with Crippen molar-refractivity contribution in [1.29, 1.82) is 0 Å². The second kappa shape index (κ2) is 5.47. The molecule has 0 saturated carbocycles.